The molecule has 0 aliphatic carbocycles. The van der Waals surface area contributed by atoms with Gasteiger partial charge in [0.25, 0.3) is 5.91 Å². The number of nitrogens with zero attached hydrogens (tertiary/aromatic N) is 2. The molecule has 1 aromatic carbocycles. The number of halogens is 4. The molecule has 1 aliphatic rings. The van der Waals surface area contributed by atoms with Crippen molar-refractivity contribution in [1.82, 2.24) is 15.1 Å². The third-order valence-corrected chi connectivity index (χ3v) is 4.37. The predicted molar refractivity (Wildman–Crippen MR) is 92.4 cm³/mol. The van der Waals surface area contributed by atoms with Gasteiger partial charge in [0.05, 0.1) is 6.04 Å². The summed E-state index contributed by atoms with van der Waals surface area (Å²) in [6.45, 7) is 3.53. The molecular weight excluding hydrogens is 369 g/mol. The fraction of sp³-hybridized carbons (Fsp3) is 0.412. The summed E-state index contributed by atoms with van der Waals surface area (Å²) in [5, 5.41) is 10.1. The number of hydrogen-bond donors (Lipinski definition) is 2. The quantitative estimate of drug-likeness (QED) is 0.825. The minimum Gasteiger partial charge on any atom is -0.363 e. The highest BCUT2D eigenvalue weighted by Gasteiger charge is 2.46. The first-order valence-electron chi connectivity index (χ1n) is 8.14. The molecule has 0 bridgehead atoms. The number of alkyl halides is 3. The maximum Gasteiger partial charge on any atom is 0.410 e. The summed E-state index contributed by atoms with van der Waals surface area (Å²) in [6, 6.07) is 5.46. The summed E-state index contributed by atoms with van der Waals surface area (Å²) in [7, 11) is 0. The molecule has 2 heterocycles. The Hall–Kier alpha value is -2.22. The van der Waals surface area contributed by atoms with Gasteiger partial charge in [-0.25, -0.2) is 4.68 Å². The Kier molecular flexibility index (Phi) is 4.88. The minimum absolute atomic E-state index is 0.0489. The molecule has 0 unspecified atom stereocenters. The van der Waals surface area contributed by atoms with E-state index < -0.39 is 24.2 Å². The highest BCUT2D eigenvalue weighted by molar-refractivity contribution is 6.30. The first-order valence-corrected chi connectivity index (χ1v) is 8.52. The fourth-order valence-corrected chi connectivity index (χ4v) is 3.06. The Morgan fingerprint density at radius 1 is 1.35 bits per heavy atom. The van der Waals surface area contributed by atoms with Gasteiger partial charge in [-0.2, -0.15) is 18.3 Å². The molecule has 1 amide bonds. The van der Waals surface area contributed by atoms with Gasteiger partial charge < -0.3 is 10.6 Å². The molecular formula is C17H18ClF3N4O. The zero-order chi connectivity index (χ0) is 19.1. The summed E-state index contributed by atoms with van der Waals surface area (Å²) in [4.78, 5) is 12.1. The van der Waals surface area contributed by atoms with E-state index in [1.54, 1.807) is 38.1 Å². The monoisotopic (exact) mass is 386 g/mol. The van der Waals surface area contributed by atoms with Gasteiger partial charge >= 0.3 is 6.18 Å². The number of hydrogen-bond acceptors (Lipinski definition) is 3. The van der Waals surface area contributed by atoms with Crippen LogP contribution in [-0.4, -0.2) is 27.9 Å². The number of amides is 1. The lowest BCUT2D eigenvalue weighted by Gasteiger charge is -2.33. The molecule has 2 atom stereocenters. The Morgan fingerprint density at radius 3 is 2.58 bits per heavy atom. The van der Waals surface area contributed by atoms with Gasteiger partial charge in [-0.15, -0.1) is 0 Å². The van der Waals surface area contributed by atoms with Crippen LogP contribution in [0.2, 0.25) is 5.02 Å². The SMILES string of the molecule is CC(C)NC(=O)c1cc2n(n1)[C@H](C(F)(F)F)C[C@@H](c1ccc(Cl)cc1)N2. The smallest absolute Gasteiger partial charge is 0.363 e. The van der Waals surface area contributed by atoms with Crippen LogP contribution in [-0.2, 0) is 0 Å². The lowest BCUT2D eigenvalue weighted by atomic mass is 9.97. The van der Waals surface area contributed by atoms with E-state index in [2.05, 4.69) is 15.7 Å². The summed E-state index contributed by atoms with van der Waals surface area (Å²) >= 11 is 5.85. The molecule has 0 spiro atoms. The number of benzene rings is 1. The lowest BCUT2D eigenvalue weighted by Crippen LogP contribution is -2.36. The third-order valence-electron chi connectivity index (χ3n) is 4.11. The molecule has 26 heavy (non-hydrogen) atoms. The molecule has 1 aliphatic heterocycles. The zero-order valence-electron chi connectivity index (χ0n) is 14.1. The average molecular weight is 387 g/mol. The number of rotatable bonds is 3. The van der Waals surface area contributed by atoms with Crippen molar-refractivity contribution in [3.05, 3.63) is 46.6 Å². The van der Waals surface area contributed by atoms with Crippen molar-refractivity contribution in [2.24, 2.45) is 0 Å². The Labute approximate surface area is 153 Å². The standard InChI is InChI=1S/C17H18ClF3N4O/c1-9(2)22-16(26)13-8-15-23-12(10-3-5-11(18)6-4-10)7-14(17(19,20)21)25(15)24-13/h3-6,8-9,12,14,23H,7H2,1-2H3,(H,22,26)/t12-,14-/m0/s1. The van der Waals surface area contributed by atoms with Crippen molar-refractivity contribution in [3.63, 3.8) is 0 Å². The first kappa shape index (κ1) is 18.6. The van der Waals surface area contributed by atoms with Gasteiger partial charge in [0.15, 0.2) is 11.7 Å². The number of aromatic nitrogens is 2. The van der Waals surface area contributed by atoms with Crippen LogP contribution in [0.1, 0.15) is 48.4 Å². The second-order valence-electron chi connectivity index (χ2n) is 6.53. The van der Waals surface area contributed by atoms with Crippen LogP contribution < -0.4 is 10.6 Å². The van der Waals surface area contributed by atoms with Crippen LogP contribution in [0.4, 0.5) is 19.0 Å². The summed E-state index contributed by atoms with van der Waals surface area (Å²) in [6.07, 6.45) is -4.72. The van der Waals surface area contributed by atoms with Gasteiger partial charge in [0.2, 0.25) is 0 Å². The average Bonchev–Trinajstić information content (AvgIpc) is 2.97. The van der Waals surface area contributed by atoms with Crippen LogP contribution >= 0.6 is 11.6 Å². The van der Waals surface area contributed by atoms with Gasteiger partial charge in [-0.3, -0.25) is 4.79 Å². The van der Waals surface area contributed by atoms with E-state index in [0.29, 0.717) is 10.6 Å². The zero-order valence-corrected chi connectivity index (χ0v) is 14.9. The molecule has 2 N–H and O–H groups in total. The van der Waals surface area contributed by atoms with Gasteiger partial charge in [-0.1, -0.05) is 23.7 Å². The molecule has 1 aromatic heterocycles. The number of nitrogens with one attached hydrogen (secondary N) is 2. The van der Waals surface area contributed by atoms with Crippen LogP contribution in [0, 0.1) is 0 Å². The Bertz CT molecular complexity index is 801. The number of fused-ring (bicyclic) bond motifs is 1. The van der Waals surface area contributed by atoms with Crippen molar-refractivity contribution in [2.45, 2.75) is 44.6 Å². The van der Waals surface area contributed by atoms with E-state index in [1.807, 2.05) is 0 Å². The molecule has 140 valence electrons. The first-order chi connectivity index (χ1) is 12.1. The molecule has 0 saturated carbocycles. The number of carbonyl (C=O) groups is 1. The molecule has 5 nitrogen and oxygen atoms in total. The highest BCUT2D eigenvalue weighted by Crippen LogP contribution is 2.43. The van der Waals surface area contributed by atoms with Crippen LogP contribution in [0.3, 0.4) is 0 Å². The maximum absolute atomic E-state index is 13.6. The second kappa shape index (κ2) is 6.83. The van der Waals surface area contributed by atoms with Crippen molar-refractivity contribution in [2.75, 3.05) is 5.32 Å². The van der Waals surface area contributed by atoms with Gasteiger partial charge in [0, 0.05) is 23.6 Å². The molecule has 2 aromatic rings. The van der Waals surface area contributed by atoms with E-state index in [4.69, 9.17) is 11.6 Å². The van der Waals surface area contributed by atoms with Crippen LogP contribution in [0.5, 0.6) is 0 Å². The third kappa shape index (κ3) is 3.80. The largest absolute Gasteiger partial charge is 0.410 e. The van der Waals surface area contributed by atoms with Gasteiger partial charge in [-0.05, 0) is 31.5 Å². The Balaban J connectivity index is 1.96. The summed E-state index contributed by atoms with van der Waals surface area (Å²) in [5.74, 6) is -0.347. The summed E-state index contributed by atoms with van der Waals surface area (Å²) in [5.41, 5.74) is 0.636. The maximum atomic E-state index is 13.6. The number of anilines is 1. The van der Waals surface area contributed by atoms with Crippen LogP contribution in [0.25, 0.3) is 0 Å². The highest BCUT2D eigenvalue weighted by atomic mass is 35.5. The van der Waals surface area contributed by atoms with E-state index in [-0.39, 0.29) is 24.0 Å². The summed E-state index contributed by atoms with van der Waals surface area (Å²) < 4.78 is 41.6. The topological polar surface area (TPSA) is 59.0 Å². The second-order valence-corrected chi connectivity index (χ2v) is 6.97. The van der Waals surface area contributed by atoms with E-state index in [0.717, 1.165) is 4.68 Å². The van der Waals surface area contributed by atoms with E-state index >= 15 is 0 Å². The van der Waals surface area contributed by atoms with Crippen molar-refractivity contribution >= 4 is 23.3 Å². The predicted octanol–water partition coefficient (Wildman–Crippen LogP) is 4.34. The van der Waals surface area contributed by atoms with E-state index in [1.165, 1.54) is 6.07 Å². The number of carbonyl (C=O) groups excluding carboxylic acids is 1. The molecule has 0 saturated heterocycles. The Morgan fingerprint density at radius 2 is 2.00 bits per heavy atom. The normalized spacial score (nSPS) is 19.8. The van der Waals surface area contributed by atoms with Gasteiger partial charge in [0.1, 0.15) is 5.82 Å². The van der Waals surface area contributed by atoms with E-state index in [9.17, 15) is 18.0 Å². The van der Waals surface area contributed by atoms with Crippen molar-refractivity contribution in [3.8, 4) is 0 Å². The van der Waals surface area contributed by atoms with Crippen molar-refractivity contribution in [1.29, 1.82) is 0 Å². The molecule has 9 heteroatoms. The molecule has 3 rings (SSSR count). The molecule has 0 fully saturated rings. The van der Waals surface area contributed by atoms with Crippen molar-refractivity contribution < 1.29 is 18.0 Å². The van der Waals surface area contributed by atoms with Crippen LogP contribution in [0.15, 0.2) is 30.3 Å². The molecule has 0 radical (unpaired) electrons. The fourth-order valence-electron chi connectivity index (χ4n) is 2.93. The minimum atomic E-state index is -4.49. The lowest BCUT2D eigenvalue weighted by molar-refractivity contribution is -0.173.